The number of hydrogen-bond acceptors (Lipinski definition) is 6. The highest BCUT2D eigenvalue weighted by molar-refractivity contribution is 7.53. The summed E-state index contributed by atoms with van der Waals surface area (Å²) in [5.74, 6) is -0.179. The van der Waals surface area contributed by atoms with Gasteiger partial charge in [-0.3, -0.25) is 18.9 Å². The van der Waals surface area contributed by atoms with Gasteiger partial charge in [-0.15, -0.1) is 0 Å². The van der Waals surface area contributed by atoms with Gasteiger partial charge in [0.1, 0.15) is 0 Å². The van der Waals surface area contributed by atoms with Crippen molar-refractivity contribution in [3.63, 3.8) is 0 Å². The molecular formula is C10H15F2N6O4P. The Kier molecular flexibility index (Phi) is 4.42. The molecule has 0 bridgehead atoms. The molecule has 0 fully saturated rings. The van der Waals surface area contributed by atoms with Gasteiger partial charge in [0.05, 0.1) is 0 Å². The van der Waals surface area contributed by atoms with E-state index in [1.807, 2.05) is 0 Å². The zero-order chi connectivity index (χ0) is 17.4. The minimum absolute atomic E-state index is 0.0303. The molecule has 7 N–H and O–H groups in total. The molecule has 2 aromatic rings. The van der Waals surface area contributed by atoms with Crippen LogP contribution in [0.2, 0.25) is 0 Å². The third-order valence-corrected chi connectivity index (χ3v) is 4.26. The van der Waals surface area contributed by atoms with Crippen molar-refractivity contribution in [3.8, 4) is 0 Å². The Balaban J connectivity index is 2.10. The number of unbranched alkanes of at least 4 members (excludes halogenated alkanes) is 1. The Morgan fingerprint density at radius 3 is 2.52 bits per heavy atom. The monoisotopic (exact) mass is 352 g/mol. The fourth-order valence-electron chi connectivity index (χ4n) is 2.02. The van der Waals surface area contributed by atoms with Crippen molar-refractivity contribution < 1.29 is 23.1 Å². The fraction of sp³-hybridized carbons (Fsp3) is 0.500. The number of halogens is 2. The maximum atomic E-state index is 13.2. The first-order chi connectivity index (χ1) is 10.5. The number of aromatic amines is 1. The van der Waals surface area contributed by atoms with E-state index in [2.05, 4.69) is 15.0 Å². The van der Waals surface area contributed by atoms with Crippen molar-refractivity contribution in [2.75, 3.05) is 11.5 Å². The molecule has 0 radical (unpaired) electrons. The molecule has 0 atom stereocenters. The van der Waals surface area contributed by atoms with Gasteiger partial charge in [0.15, 0.2) is 11.2 Å². The van der Waals surface area contributed by atoms with Crippen LogP contribution in [-0.2, 0) is 11.1 Å². The fourth-order valence-corrected chi connectivity index (χ4v) is 2.47. The van der Waals surface area contributed by atoms with Crippen LogP contribution in [-0.4, -0.2) is 35.0 Å². The first kappa shape index (κ1) is 17.3. The molecule has 0 spiro atoms. The molecule has 0 saturated carbocycles. The van der Waals surface area contributed by atoms with Crippen LogP contribution in [0.1, 0.15) is 19.3 Å². The first-order valence-electron chi connectivity index (χ1n) is 6.48. The number of aryl methyl sites for hydroxylation is 1. The van der Waals surface area contributed by atoms with Gasteiger partial charge in [-0.2, -0.15) is 13.8 Å². The highest BCUT2D eigenvalue weighted by Crippen LogP contribution is 2.55. The van der Waals surface area contributed by atoms with Crippen LogP contribution < -0.4 is 17.0 Å². The van der Waals surface area contributed by atoms with E-state index in [1.54, 1.807) is 0 Å². The summed E-state index contributed by atoms with van der Waals surface area (Å²) in [6.45, 7) is 0.0927. The first-order valence-corrected chi connectivity index (χ1v) is 8.09. The van der Waals surface area contributed by atoms with E-state index in [-0.39, 0.29) is 42.4 Å². The van der Waals surface area contributed by atoms with Gasteiger partial charge in [0.2, 0.25) is 11.9 Å². The van der Waals surface area contributed by atoms with Gasteiger partial charge >= 0.3 is 13.3 Å². The summed E-state index contributed by atoms with van der Waals surface area (Å²) >= 11 is 0. The summed E-state index contributed by atoms with van der Waals surface area (Å²) in [6, 6.07) is 0. The Morgan fingerprint density at radius 1 is 1.26 bits per heavy atom. The third kappa shape index (κ3) is 3.49. The van der Waals surface area contributed by atoms with E-state index in [1.165, 1.54) is 4.57 Å². The highest BCUT2D eigenvalue weighted by atomic mass is 31.2. The summed E-state index contributed by atoms with van der Waals surface area (Å²) in [6.07, 6.45) is -1.02. The molecule has 0 amide bonds. The zero-order valence-corrected chi connectivity index (χ0v) is 12.6. The second-order valence-electron chi connectivity index (χ2n) is 4.91. The number of nitrogens with two attached hydrogens (primary N) is 2. The topological polar surface area (TPSA) is 173 Å². The van der Waals surface area contributed by atoms with E-state index in [9.17, 15) is 18.1 Å². The minimum Gasteiger partial charge on any atom is -0.369 e. The van der Waals surface area contributed by atoms with E-state index in [0.29, 0.717) is 0 Å². The molecule has 0 aliphatic carbocycles. The number of anilines is 2. The molecule has 2 heterocycles. The summed E-state index contributed by atoms with van der Waals surface area (Å²) in [5.41, 5.74) is 6.52. The SMILES string of the molecule is Nc1nc2c(nc(N)n2CCCCC(F)(F)P(=O)(O)O)c(=O)[nH]1. The number of nitrogens with one attached hydrogen (secondary N) is 1. The lowest BCUT2D eigenvalue weighted by molar-refractivity contribution is 0.0476. The number of fused-ring (bicyclic) bond motifs is 1. The van der Waals surface area contributed by atoms with Gasteiger partial charge in [-0.1, -0.05) is 0 Å². The van der Waals surface area contributed by atoms with Gasteiger partial charge in [0.25, 0.3) is 5.56 Å². The number of nitrogens with zero attached hydrogens (tertiary/aromatic N) is 3. The summed E-state index contributed by atoms with van der Waals surface area (Å²) in [4.78, 5) is 38.7. The molecule has 0 saturated heterocycles. The van der Waals surface area contributed by atoms with Crippen LogP contribution in [0.15, 0.2) is 4.79 Å². The molecule has 128 valence electrons. The van der Waals surface area contributed by atoms with Crippen molar-refractivity contribution in [1.82, 2.24) is 19.5 Å². The second kappa shape index (κ2) is 5.87. The molecule has 23 heavy (non-hydrogen) atoms. The van der Waals surface area contributed by atoms with Crippen LogP contribution in [0.5, 0.6) is 0 Å². The molecule has 2 aromatic heterocycles. The largest absolute Gasteiger partial charge is 0.394 e. The molecular weight excluding hydrogens is 337 g/mol. The normalized spacial score (nSPS) is 12.9. The lowest BCUT2D eigenvalue weighted by atomic mass is 10.2. The summed E-state index contributed by atoms with van der Waals surface area (Å²) in [7, 11) is -5.48. The number of nitrogen functional groups attached to an aromatic ring is 2. The molecule has 0 unspecified atom stereocenters. The molecule has 2 rings (SSSR count). The maximum Gasteiger partial charge on any atom is 0.394 e. The van der Waals surface area contributed by atoms with Gasteiger partial charge in [-0.25, -0.2) is 4.98 Å². The number of aromatic nitrogens is 4. The van der Waals surface area contributed by atoms with E-state index in [0.717, 1.165) is 0 Å². The maximum absolute atomic E-state index is 13.2. The van der Waals surface area contributed by atoms with Gasteiger partial charge < -0.3 is 21.3 Å². The van der Waals surface area contributed by atoms with Gasteiger partial charge in [0, 0.05) is 13.0 Å². The minimum atomic E-state index is -5.48. The van der Waals surface area contributed by atoms with Crippen LogP contribution in [0.4, 0.5) is 20.7 Å². The van der Waals surface area contributed by atoms with Gasteiger partial charge in [-0.05, 0) is 12.8 Å². The predicted molar refractivity (Wildman–Crippen MR) is 77.8 cm³/mol. The lowest BCUT2D eigenvalue weighted by Crippen LogP contribution is -2.16. The lowest BCUT2D eigenvalue weighted by Gasteiger charge is -2.17. The number of H-pyrrole nitrogens is 1. The number of imidazole rings is 1. The van der Waals surface area contributed by atoms with E-state index < -0.39 is 25.2 Å². The summed E-state index contributed by atoms with van der Waals surface area (Å²) < 4.78 is 38.3. The Bertz CT molecular complexity index is 829. The summed E-state index contributed by atoms with van der Waals surface area (Å²) in [5, 5.41) is 0. The Labute approximate surface area is 127 Å². The molecule has 0 aliphatic heterocycles. The second-order valence-corrected chi connectivity index (χ2v) is 6.65. The average Bonchev–Trinajstić information content (AvgIpc) is 2.70. The van der Waals surface area contributed by atoms with Crippen molar-refractivity contribution in [2.24, 2.45) is 0 Å². The van der Waals surface area contributed by atoms with Crippen LogP contribution in [0, 0.1) is 0 Å². The zero-order valence-electron chi connectivity index (χ0n) is 11.7. The van der Waals surface area contributed by atoms with E-state index in [4.69, 9.17) is 21.3 Å². The smallest absolute Gasteiger partial charge is 0.369 e. The average molecular weight is 352 g/mol. The third-order valence-electron chi connectivity index (χ3n) is 3.19. The van der Waals surface area contributed by atoms with Crippen LogP contribution >= 0.6 is 7.60 Å². The predicted octanol–water partition coefficient (Wildman–Crippen LogP) is 0.225. The highest BCUT2D eigenvalue weighted by Gasteiger charge is 2.47. The number of alkyl halides is 2. The van der Waals surface area contributed by atoms with Crippen LogP contribution in [0.3, 0.4) is 0 Å². The molecule has 13 heteroatoms. The van der Waals surface area contributed by atoms with Crippen LogP contribution in [0.25, 0.3) is 11.2 Å². The van der Waals surface area contributed by atoms with Crippen molar-refractivity contribution in [3.05, 3.63) is 10.4 Å². The Morgan fingerprint density at radius 2 is 1.91 bits per heavy atom. The Hall–Kier alpha value is -2.04. The molecule has 0 aliphatic rings. The van der Waals surface area contributed by atoms with E-state index >= 15 is 0 Å². The van der Waals surface area contributed by atoms with Crippen molar-refractivity contribution >= 4 is 30.7 Å². The molecule has 10 nitrogen and oxygen atoms in total. The number of rotatable bonds is 6. The van der Waals surface area contributed by atoms with Crippen molar-refractivity contribution in [1.29, 1.82) is 0 Å². The standard InChI is InChI=1S/C10H15F2N6O4P/c11-10(12,23(20,21)22)3-1-2-4-18-6-5(15-9(18)14)7(19)17-8(13)16-6/h1-4H2,(H2,14,15)(H2,20,21,22)(H3,13,16,17,19). The quantitative estimate of drug-likeness (QED) is 0.363. The van der Waals surface area contributed by atoms with Crippen molar-refractivity contribution in [2.45, 2.75) is 31.5 Å². The number of hydrogen-bond donors (Lipinski definition) is 5. The molecule has 0 aromatic carbocycles.